The molecule has 0 atom stereocenters. The van der Waals surface area contributed by atoms with Crippen LogP contribution >= 0.6 is 23.2 Å². The van der Waals surface area contributed by atoms with Crippen molar-refractivity contribution in [2.75, 3.05) is 7.05 Å². The molecular weight excluding hydrogens is 311 g/mol. The topological polar surface area (TPSA) is 45.1 Å². The van der Waals surface area contributed by atoms with Gasteiger partial charge >= 0.3 is 0 Å². The molecule has 1 fully saturated rings. The molecule has 6 heteroatoms. The predicted octanol–water partition coefficient (Wildman–Crippen LogP) is 4.47. The molecule has 0 spiro atoms. The third-order valence-corrected chi connectivity index (χ3v) is 3.83. The maximum atomic E-state index is 9.47. The zero-order valence-corrected chi connectivity index (χ0v) is 14.2. The molecule has 0 heterocycles. The van der Waals surface area contributed by atoms with Crippen molar-refractivity contribution >= 4 is 29.0 Å². The zero-order valence-electron chi connectivity index (χ0n) is 12.7. The van der Waals surface area contributed by atoms with E-state index in [1.807, 2.05) is 32.9 Å². The number of hydrogen-bond donors (Lipinski definition) is 1. The van der Waals surface area contributed by atoms with Gasteiger partial charge in [-0.2, -0.15) is 0 Å². The first-order valence-corrected chi connectivity index (χ1v) is 7.55. The summed E-state index contributed by atoms with van der Waals surface area (Å²) in [6.07, 6.45) is 1.72. The second kappa shape index (κ2) is 5.67. The van der Waals surface area contributed by atoms with E-state index in [0.717, 1.165) is 18.4 Å². The molecule has 1 saturated carbocycles. The summed E-state index contributed by atoms with van der Waals surface area (Å²) >= 11 is 12.2. The molecule has 0 bridgehead atoms. The maximum absolute atomic E-state index is 9.47. The molecule has 21 heavy (non-hydrogen) atoms. The summed E-state index contributed by atoms with van der Waals surface area (Å²) in [5.41, 5.74) is 0.174. The Morgan fingerprint density at radius 2 is 1.76 bits per heavy atom. The van der Waals surface area contributed by atoms with Crippen LogP contribution in [0, 0.1) is 0 Å². The first kappa shape index (κ1) is 16.4. The van der Waals surface area contributed by atoms with Crippen molar-refractivity contribution in [3.05, 3.63) is 33.8 Å². The Morgan fingerprint density at radius 3 is 2.14 bits per heavy atom. The summed E-state index contributed by atoms with van der Waals surface area (Å²) in [6.45, 7) is 5.82. The van der Waals surface area contributed by atoms with Crippen LogP contribution in [-0.4, -0.2) is 28.8 Å². The number of benzene rings is 1. The van der Waals surface area contributed by atoms with Gasteiger partial charge in [0.1, 0.15) is 0 Å². The lowest BCUT2D eigenvalue weighted by Gasteiger charge is -2.31. The van der Waals surface area contributed by atoms with Crippen molar-refractivity contribution in [1.82, 2.24) is 5.06 Å². The second-order valence-corrected chi connectivity index (χ2v) is 7.24. The second-order valence-electron chi connectivity index (χ2n) is 6.36. The highest BCUT2D eigenvalue weighted by atomic mass is 35.5. The molecule has 1 aromatic carbocycles. The molecule has 0 saturated heterocycles. The number of hydrogen-bond acceptors (Lipinski definition) is 3. The summed E-state index contributed by atoms with van der Waals surface area (Å²) in [4.78, 5) is 5.78. The predicted molar refractivity (Wildman–Crippen MR) is 85.2 cm³/mol. The highest BCUT2D eigenvalue weighted by Crippen LogP contribution is 2.51. The van der Waals surface area contributed by atoms with Gasteiger partial charge in [-0.05, 0) is 57.4 Å². The van der Waals surface area contributed by atoms with Crippen molar-refractivity contribution < 1.29 is 10.0 Å². The lowest BCUT2D eigenvalue weighted by molar-refractivity contribution is -0.171. The fraction of sp³-hybridized carbons (Fsp3) is 0.533. The molecule has 1 aliphatic carbocycles. The number of amidine groups is 1. The van der Waals surface area contributed by atoms with Gasteiger partial charge in [-0.25, -0.2) is 5.06 Å². The molecule has 4 nitrogen and oxygen atoms in total. The number of rotatable bonds is 3. The normalized spacial score (nSPS) is 17.7. The van der Waals surface area contributed by atoms with Crippen LogP contribution in [0.5, 0.6) is 0 Å². The molecule has 1 N–H and O–H groups in total. The molecule has 0 unspecified atom stereocenters. The Morgan fingerprint density at radius 1 is 1.24 bits per heavy atom. The van der Waals surface area contributed by atoms with Gasteiger partial charge in [0.2, 0.25) is 0 Å². The van der Waals surface area contributed by atoms with Gasteiger partial charge in [0, 0.05) is 17.1 Å². The minimum absolute atomic E-state index is 0.382. The molecule has 2 rings (SSSR count). The van der Waals surface area contributed by atoms with Gasteiger partial charge in [0.15, 0.2) is 5.84 Å². The lowest BCUT2D eigenvalue weighted by atomic mass is 9.94. The Bertz CT molecular complexity index is 543. The standard InChI is InChI=1S/C15H20Cl2N2O2/c1-14(2,3)21-19(4)13(18-20)15(5-6-15)10-7-11(16)9-12(17)8-10/h7-9,20H,5-6H2,1-4H3/b18-13-. The fourth-order valence-electron chi connectivity index (χ4n) is 2.51. The van der Waals surface area contributed by atoms with Gasteiger partial charge in [0.05, 0.1) is 11.0 Å². The van der Waals surface area contributed by atoms with E-state index in [9.17, 15) is 5.21 Å². The fourth-order valence-corrected chi connectivity index (χ4v) is 3.04. The van der Waals surface area contributed by atoms with Crippen LogP contribution < -0.4 is 0 Å². The van der Waals surface area contributed by atoms with Crippen LogP contribution in [0.1, 0.15) is 39.2 Å². The van der Waals surface area contributed by atoms with Crippen molar-refractivity contribution in [3.8, 4) is 0 Å². The van der Waals surface area contributed by atoms with E-state index in [-0.39, 0.29) is 11.0 Å². The number of halogens is 2. The largest absolute Gasteiger partial charge is 0.409 e. The molecule has 1 aromatic rings. The van der Waals surface area contributed by atoms with Crippen LogP contribution in [0.15, 0.2) is 23.4 Å². The highest BCUT2D eigenvalue weighted by molar-refractivity contribution is 6.34. The summed E-state index contributed by atoms with van der Waals surface area (Å²) in [5, 5.41) is 15.6. The van der Waals surface area contributed by atoms with E-state index < -0.39 is 0 Å². The van der Waals surface area contributed by atoms with Gasteiger partial charge in [-0.3, -0.25) is 4.84 Å². The van der Waals surface area contributed by atoms with Gasteiger partial charge in [-0.1, -0.05) is 28.4 Å². The minimum Gasteiger partial charge on any atom is -0.409 e. The number of oxime groups is 1. The third-order valence-electron chi connectivity index (χ3n) is 3.40. The monoisotopic (exact) mass is 330 g/mol. The number of likely N-dealkylation sites (N-methyl/N-ethyl adjacent to an activating group) is 1. The summed E-state index contributed by atoms with van der Waals surface area (Å²) in [5.74, 6) is 0.468. The van der Waals surface area contributed by atoms with Crippen LogP contribution in [0.2, 0.25) is 10.0 Å². The summed E-state index contributed by atoms with van der Waals surface area (Å²) < 4.78 is 0. The van der Waals surface area contributed by atoms with Crippen LogP contribution in [0.3, 0.4) is 0 Å². The number of hydroxylamine groups is 2. The van der Waals surface area contributed by atoms with Crippen molar-refractivity contribution in [2.24, 2.45) is 5.16 Å². The zero-order chi connectivity index (χ0) is 15.8. The first-order chi connectivity index (χ1) is 9.68. The van der Waals surface area contributed by atoms with Crippen LogP contribution in [-0.2, 0) is 10.3 Å². The maximum Gasteiger partial charge on any atom is 0.178 e. The van der Waals surface area contributed by atoms with E-state index in [1.54, 1.807) is 13.1 Å². The Balaban J connectivity index is 2.33. The average molecular weight is 331 g/mol. The van der Waals surface area contributed by atoms with Gasteiger partial charge in [-0.15, -0.1) is 0 Å². The van der Waals surface area contributed by atoms with Crippen LogP contribution in [0.25, 0.3) is 0 Å². The van der Waals surface area contributed by atoms with Crippen LogP contribution in [0.4, 0.5) is 0 Å². The van der Waals surface area contributed by atoms with Crippen molar-refractivity contribution in [2.45, 2.75) is 44.6 Å². The lowest BCUT2D eigenvalue weighted by Crippen LogP contribution is -2.41. The highest BCUT2D eigenvalue weighted by Gasteiger charge is 2.52. The molecule has 0 aliphatic heterocycles. The third kappa shape index (κ3) is 3.62. The molecule has 1 aliphatic rings. The van der Waals surface area contributed by atoms with E-state index in [0.29, 0.717) is 15.9 Å². The Kier molecular flexibility index (Phi) is 4.43. The van der Waals surface area contributed by atoms with Gasteiger partial charge in [0.25, 0.3) is 0 Å². The van der Waals surface area contributed by atoms with Crippen molar-refractivity contribution in [1.29, 1.82) is 0 Å². The van der Waals surface area contributed by atoms with Gasteiger partial charge < -0.3 is 5.21 Å². The average Bonchev–Trinajstić information content (AvgIpc) is 3.07. The molecular formula is C15H20Cl2N2O2. The molecule has 116 valence electrons. The Hall–Kier alpha value is -0.970. The number of nitrogens with zero attached hydrogens (tertiary/aromatic N) is 2. The summed E-state index contributed by atoms with van der Waals surface area (Å²) in [7, 11) is 1.74. The van der Waals surface area contributed by atoms with E-state index in [2.05, 4.69) is 5.16 Å². The minimum atomic E-state index is -0.386. The Labute approximate surface area is 135 Å². The van der Waals surface area contributed by atoms with E-state index in [1.165, 1.54) is 5.06 Å². The molecule has 0 amide bonds. The van der Waals surface area contributed by atoms with E-state index >= 15 is 0 Å². The van der Waals surface area contributed by atoms with E-state index in [4.69, 9.17) is 28.0 Å². The first-order valence-electron chi connectivity index (χ1n) is 6.80. The summed E-state index contributed by atoms with van der Waals surface area (Å²) in [6, 6.07) is 5.40. The van der Waals surface area contributed by atoms with Crippen molar-refractivity contribution in [3.63, 3.8) is 0 Å². The quantitative estimate of drug-likeness (QED) is 0.385. The molecule has 0 radical (unpaired) electrons. The SMILES string of the molecule is CN(OC(C)(C)C)/C(=N\O)C1(c2cc(Cl)cc(Cl)c2)CC1. The smallest absolute Gasteiger partial charge is 0.178 e. The molecule has 0 aromatic heterocycles.